The number of amides is 1. The quantitative estimate of drug-likeness (QED) is 0.220. The fourth-order valence-corrected chi connectivity index (χ4v) is 3.91. The van der Waals surface area contributed by atoms with Gasteiger partial charge in [-0.05, 0) is 30.2 Å². The van der Waals surface area contributed by atoms with Crippen LogP contribution in [0.25, 0.3) is 6.08 Å². The second kappa shape index (κ2) is 10.7. The normalized spacial score (nSPS) is 11.0. The van der Waals surface area contributed by atoms with Crippen LogP contribution in [0.4, 0.5) is 5.69 Å². The molecular weight excluding hydrogens is 438 g/mol. The number of nitrogens with zero attached hydrogens (tertiary/aromatic N) is 4. The van der Waals surface area contributed by atoms with Crippen LogP contribution >= 0.6 is 23.4 Å². The molecule has 0 saturated heterocycles. The number of halogens is 1. The minimum Gasteiger partial charge on any atom is -0.345 e. The Morgan fingerprint density at radius 2 is 1.97 bits per heavy atom. The summed E-state index contributed by atoms with van der Waals surface area (Å²) in [6.07, 6.45) is 3.09. The molecule has 0 aliphatic carbocycles. The van der Waals surface area contributed by atoms with E-state index in [1.807, 2.05) is 29.7 Å². The van der Waals surface area contributed by atoms with Gasteiger partial charge < -0.3 is 9.88 Å². The Balaban J connectivity index is 1.57. The summed E-state index contributed by atoms with van der Waals surface area (Å²) < 4.78 is 1.92. The van der Waals surface area contributed by atoms with Gasteiger partial charge in [-0.15, -0.1) is 10.2 Å². The van der Waals surface area contributed by atoms with Crippen molar-refractivity contribution in [2.24, 2.45) is 0 Å². The van der Waals surface area contributed by atoms with E-state index in [4.69, 9.17) is 11.6 Å². The summed E-state index contributed by atoms with van der Waals surface area (Å²) in [4.78, 5) is 22.5. The molecule has 0 aliphatic heterocycles. The van der Waals surface area contributed by atoms with E-state index in [1.165, 1.54) is 30.0 Å². The molecular formula is C21H20ClN5O3S. The molecule has 1 N–H and O–H groups in total. The zero-order chi connectivity index (χ0) is 22.2. The third-order valence-corrected chi connectivity index (χ3v) is 5.75. The van der Waals surface area contributed by atoms with E-state index < -0.39 is 4.92 Å². The summed E-state index contributed by atoms with van der Waals surface area (Å²) in [6.45, 7) is 2.86. The van der Waals surface area contributed by atoms with Crippen LogP contribution in [0.2, 0.25) is 5.02 Å². The Hall–Kier alpha value is -3.17. The van der Waals surface area contributed by atoms with Crippen molar-refractivity contribution in [3.63, 3.8) is 0 Å². The maximum absolute atomic E-state index is 12.1. The van der Waals surface area contributed by atoms with E-state index in [9.17, 15) is 14.9 Å². The number of hydrogen-bond donors (Lipinski definition) is 1. The molecule has 0 atom stereocenters. The molecule has 160 valence electrons. The second-order valence-electron chi connectivity index (χ2n) is 6.43. The van der Waals surface area contributed by atoms with Crippen LogP contribution < -0.4 is 5.32 Å². The Morgan fingerprint density at radius 3 is 2.65 bits per heavy atom. The number of thioether (sulfide) groups is 1. The lowest BCUT2D eigenvalue weighted by Crippen LogP contribution is -2.22. The lowest BCUT2D eigenvalue weighted by atomic mass is 10.2. The maximum atomic E-state index is 12.1. The van der Waals surface area contributed by atoms with Gasteiger partial charge in [0.25, 0.3) is 5.69 Å². The molecule has 3 rings (SSSR count). The van der Waals surface area contributed by atoms with Gasteiger partial charge in [0.05, 0.1) is 11.5 Å². The van der Waals surface area contributed by atoms with Crippen molar-refractivity contribution >= 4 is 41.0 Å². The molecule has 2 aromatic carbocycles. The summed E-state index contributed by atoms with van der Waals surface area (Å²) in [5, 5.41) is 23.2. The molecule has 1 aromatic heterocycles. The van der Waals surface area contributed by atoms with Gasteiger partial charge in [0.2, 0.25) is 5.91 Å². The molecule has 31 heavy (non-hydrogen) atoms. The highest BCUT2D eigenvalue weighted by Gasteiger charge is 2.12. The van der Waals surface area contributed by atoms with Crippen LogP contribution in [0, 0.1) is 10.1 Å². The van der Waals surface area contributed by atoms with Crippen LogP contribution in [0.1, 0.15) is 23.9 Å². The molecule has 0 radical (unpaired) electrons. The van der Waals surface area contributed by atoms with E-state index in [2.05, 4.69) is 15.5 Å². The highest BCUT2D eigenvalue weighted by atomic mass is 35.5. The van der Waals surface area contributed by atoms with Crippen molar-refractivity contribution < 1.29 is 9.72 Å². The largest absolute Gasteiger partial charge is 0.345 e. The summed E-state index contributed by atoms with van der Waals surface area (Å²) in [6, 6.07) is 13.7. The van der Waals surface area contributed by atoms with Gasteiger partial charge >= 0.3 is 0 Å². The summed E-state index contributed by atoms with van der Waals surface area (Å²) >= 11 is 7.56. The second-order valence-corrected chi connectivity index (χ2v) is 7.78. The number of nitro groups is 1. The first-order chi connectivity index (χ1) is 15.0. The van der Waals surface area contributed by atoms with E-state index >= 15 is 0 Å². The number of benzene rings is 2. The average molecular weight is 458 g/mol. The maximum Gasteiger partial charge on any atom is 0.269 e. The Morgan fingerprint density at radius 1 is 1.23 bits per heavy atom. The van der Waals surface area contributed by atoms with Crippen molar-refractivity contribution in [3.8, 4) is 0 Å². The Bertz CT molecular complexity index is 1100. The molecule has 0 spiro atoms. The predicted molar refractivity (Wildman–Crippen MR) is 121 cm³/mol. The fourth-order valence-electron chi connectivity index (χ4n) is 2.74. The first-order valence-corrected chi connectivity index (χ1v) is 10.8. The standard InChI is InChI=1S/C21H20ClN5O3S/c1-2-26-19(13-23-20(28)12-9-16-5-3-4-6-18(16)22)24-25-21(26)31-14-15-7-10-17(11-8-15)27(29)30/h3-12H,2,13-14H2,1H3,(H,23,28)/b12-9+. The Kier molecular flexibility index (Phi) is 7.80. The van der Waals surface area contributed by atoms with E-state index in [0.717, 1.165) is 16.3 Å². The molecule has 10 heteroatoms. The van der Waals surface area contributed by atoms with Crippen molar-refractivity contribution in [3.05, 3.63) is 86.7 Å². The lowest BCUT2D eigenvalue weighted by molar-refractivity contribution is -0.384. The van der Waals surface area contributed by atoms with E-state index in [-0.39, 0.29) is 18.1 Å². The molecule has 0 fully saturated rings. The van der Waals surface area contributed by atoms with Crippen molar-refractivity contribution in [2.75, 3.05) is 0 Å². The molecule has 8 nitrogen and oxygen atoms in total. The van der Waals surface area contributed by atoms with E-state index in [0.29, 0.717) is 23.1 Å². The fraction of sp³-hybridized carbons (Fsp3) is 0.190. The third kappa shape index (κ3) is 6.16. The van der Waals surface area contributed by atoms with Crippen LogP contribution in [0.5, 0.6) is 0 Å². The van der Waals surface area contributed by atoms with Gasteiger partial charge in [-0.1, -0.05) is 53.7 Å². The van der Waals surface area contributed by atoms with Crippen molar-refractivity contribution in [2.45, 2.75) is 30.9 Å². The van der Waals surface area contributed by atoms with Crippen molar-refractivity contribution in [1.82, 2.24) is 20.1 Å². The number of non-ortho nitro benzene ring substituents is 1. The lowest BCUT2D eigenvalue weighted by Gasteiger charge is -2.08. The smallest absolute Gasteiger partial charge is 0.269 e. The van der Waals surface area contributed by atoms with Crippen molar-refractivity contribution in [1.29, 1.82) is 0 Å². The molecule has 0 aliphatic rings. The summed E-state index contributed by atoms with van der Waals surface area (Å²) in [7, 11) is 0. The first kappa shape index (κ1) is 22.5. The van der Waals surface area contributed by atoms with Gasteiger partial charge in [-0.3, -0.25) is 14.9 Å². The predicted octanol–water partition coefficient (Wildman–Crippen LogP) is 4.48. The van der Waals surface area contributed by atoms with Crippen LogP contribution in [0.15, 0.2) is 59.8 Å². The summed E-state index contributed by atoms with van der Waals surface area (Å²) in [5.74, 6) is 0.988. The molecule has 0 saturated carbocycles. The van der Waals surface area contributed by atoms with Crippen LogP contribution in [-0.2, 0) is 23.6 Å². The average Bonchev–Trinajstić information content (AvgIpc) is 3.17. The first-order valence-electron chi connectivity index (χ1n) is 9.46. The highest BCUT2D eigenvalue weighted by molar-refractivity contribution is 7.98. The molecule has 3 aromatic rings. The molecule has 1 amide bonds. The number of nitrogens with one attached hydrogen (secondary N) is 1. The summed E-state index contributed by atoms with van der Waals surface area (Å²) in [5.41, 5.74) is 1.77. The van der Waals surface area contributed by atoms with Gasteiger partial charge in [0, 0.05) is 35.5 Å². The molecule has 0 unspecified atom stereocenters. The number of nitro benzene ring substituents is 1. The van der Waals surface area contributed by atoms with Gasteiger partial charge in [0.15, 0.2) is 11.0 Å². The zero-order valence-corrected chi connectivity index (χ0v) is 18.3. The Labute approximate surface area is 188 Å². The third-order valence-electron chi connectivity index (χ3n) is 4.36. The van der Waals surface area contributed by atoms with Gasteiger partial charge in [0.1, 0.15) is 0 Å². The van der Waals surface area contributed by atoms with Gasteiger partial charge in [-0.2, -0.15) is 0 Å². The van der Waals surface area contributed by atoms with E-state index in [1.54, 1.807) is 24.3 Å². The number of carbonyl (C=O) groups is 1. The molecule has 1 heterocycles. The zero-order valence-electron chi connectivity index (χ0n) is 16.7. The number of aromatic nitrogens is 3. The minimum absolute atomic E-state index is 0.0621. The SMILES string of the molecule is CCn1c(CNC(=O)/C=C/c2ccccc2Cl)nnc1SCc1ccc([N+](=O)[O-])cc1. The van der Waals surface area contributed by atoms with Crippen LogP contribution in [0.3, 0.4) is 0 Å². The monoisotopic (exact) mass is 457 g/mol. The van der Waals surface area contributed by atoms with Gasteiger partial charge in [-0.25, -0.2) is 0 Å². The minimum atomic E-state index is -0.422. The highest BCUT2D eigenvalue weighted by Crippen LogP contribution is 2.23. The topological polar surface area (TPSA) is 103 Å². The molecule has 0 bridgehead atoms. The number of carbonyl (C=O) groups excluding carboxylic acids is 1. The number of hydrogen-bond acceptors (Lipinski definition) is 6. The number of rotatable bonds is 9. The van der Waals surface area contributed by atoms with Crippen LogP contribution in [-0.4, -0.2) is 25.6 Å².